The summed E-state index contributed by atoms with van der Waals surface area (Å²) in [4.78, 5) is 15.5. The second-order valence-electron chi connectivity index (χ2n) is 7.22. The molecular weight excluding hydrogens is 350 g/mol. The quantitative estimate of drug-likeness (QED) is 0.721. The maximum atomic E-state index is 13.2. The van der Waals surface area contributed by atoms with Gasteiger partial charge in [0.15, 0.2) is 5.78 Å². The van der Waals surface area contributed by atoms with Crippen molar-refractivity contribution in [3.8, 4) is 11.5 Å². The molecule has 1 aliphatic rings. The molecule has 146 valence electrons. The average molecular weight is 377 g/mol. The largest absolute Gasteiger partial charge is 0.497 e. The number of piperidine rings is 1. The van der Waals surface area contributed by atoms with Crippen LogP contribution in [0.15, 0.2) is 59.7 Å². The number of carbonyl (C=O) groups excluding carboxylic acids is 1. The first-order valence-electron chi connectivity index (χ1n) is 9.48. The summed E-state index contributed by atoms with van der Waals surface area (Å²) in [6.45, 7) is 5.59. The Morgan fingerprint density at radius 2 is 1.32 bits per heavy atom. The van der Waals surface area contributed by atoms with Gasteiger partial charge in [-0.3, -0.25) is 9.69 Å². The first kappa shape index (κ1) is 19.9. The van der Waals surface area contributed by atoms with Crippen molar-refractivity contribution in [3.63, 3.8) is 0 Å². The van der Waals surface area contributed by atoms with Gasteiger partial charge >= 0.3 is 0 Å². The maximum absolute atomic E-state index is 13.2. The van der Waals surface area contributed by atoms with Crippen LogP contribution in [-0.2, 0) is 4.79 Å². The molecule has 4 heteroatoms. The molecule has 0 unspecified atom stereocenters. The van der Waals surface area contributed by atoms with Crippen LogP contribution in [0.2, 0.25) is 0 Å². The Labute approximate surface area is 167 Å². The molecule has 1 heterocycles. The predicted octanol–water partition coefficient (Wildman–Crippen LogP) is 4.46. The number of Topliss-reactive ketones (excluding diaryl/α,β-unsaturated/α-hetero) is 1. The Morgan fingerprint density at radius 3 is 1.71 bits per heavy atom. The van der Waals surface area contributed by atoms with Crippen LogP contribution in [0.1, 0.15) is 25.0 Å². The second-order valence-corrected chi connectivity index (χ2v) is 7.22. The maximum Gasteiger partial charge on any atom is 0.187 e. The lowest BCUT2D eigenvalue weighted by Gasteiger charge is -2.32. The first-order chi connectivity index (χ1) is 13.5. The van der Waals surface area contributed by atoms with Crippen molar-refractivity contribution in [1.29, 1.82) is 0 Å². The third-order valence-corrected chi connectivity index (χ3v) is 4.93. The van der Waals surface area contributed by atoms with E-state index in [1.54, 1.807) is 14.2 Å². The standard InChI is InChI=1S/C24H27NO3/c1-17(2)25-15-20(11-18-7-5-9-22(13-18)27-3)24(26)21(16-25)12-19-8-6-10-23(14-19)28-4/h5-14,17H,15-16H2,1-4H3/b20-11+,21-12+. The van der Waals surface area contributed by atoms with Crippen LogP contribution in [0.4, 0.5) is 0 Å². The van der Waals surface area contributed by atoms with Gasteiger partial charge in [0.25, 0.3) is 0 Å². The molecule has 0 aliphatic carbocycles. The van der Waals surface area contributed by atoms with E-state index >= 15 is 0 Å². The van der Waals surface area contributed by atoms with E-state index in [1.165, 1.54) is 0 Å². The summed E-state index contributed by atoms with van der Waals surface area (Å²) in [5.41, 5.74) is 3.52. The molecule has 0 radical (unpaired) electrons. The molecule has 3 rings (SSSR count). The number of likely N-dealkylation sites (tertiary alicyclic amines) is 1. The molecule has 0 spiro atoms. The summed E-state index contributed by atoms with van der Waals surface area (Å²) in [5.74, 6) is 1.67. The van der Waals surface area contributed by atoms with E-state index in [0.717, 1.165) is 33.8 Å². The summed E-state index contributed by atoms with van der Waals surface area (Å²) in [6.07, 6.45) is 3.94. The number of benzene rings is 2. The van der Waals surface area contributed by atoms with Gasteiger partial charge < -0.3 is 9.47 Å². The van der Waals surface area contributed by atoms with Crippen LogP contribution in [0.25, 0.3) is 12.2 Å². The molecule has 28 heavy (non-hydrogen) atoms. The number of ketones is 1. The predicted molar refractivity (Wildman–Crippen MR) is 114 cm³/mol. The molecule has 0 atom stereocenters. The minimum absolute atomic E-state index is 0.0996. The van der Waals surface area contributed by atoms with E-state index in [-0.39, 0.29) is 5.78 Å². The topological polar surface area (TPSA) is 38.8 Å². The van der Waals surface area contributed by atoms with E-state index in [9.17, 15) is 4.79 Å². The molecule has 0 bridgehead atoms. The molecular formula is C24H27NO3. The second kappa shape index (κ2) is 8.89. The fraction of sp³-hybridized carbons (Fsp3) is 0.292. The average Bonchev–Trinajstić information content (AvgIpc) is 2.71. The molecule has 1 fully saturated rings. The number of carbonyl (C=O) groups is 1. The smallest absolute Gasteiger partial charge is 0.187 e. The summed E-state index contributed by atoms with van der Waals surface area (Å²) in [7, 11) is 3.29. The molecule has 0 N–H and O–H groups in total. The van der Waals surface area contributed by atoms with Gasteiger partial charge in [-0.1, -0.05) is 24.3 Å². The van der Waals surface area contributed by atoms with Crippen LogP contribution in [0.3, 0.4) is 0 Å². The normalized spacial score (nSPS) is 18.1. The van der Waals surface area contributed by atoms with Crippen molar-refractivity contribution >= 4 is 17.9 Å². The van der Waals surface area contributed by atoms with Crippen molar-refractivity contribution in [2.45, 2.75) is 19.9 Å². The summed E-state index contributed by atoms with van der Waals surface area (Å²) >= 11 is 0. The van der Waals surface area contributed by atoms with Gasteiger partial charge in [0.05, 0.1) is 14.2 Å². The van der Waals surface area contributed by atoms with Gasteiger partial charge in [0.1, 0.15) is 11.5 Å². The van der Waals surface area contributed by atoms with E-state index in [0.29, 0.717) is 19.1 Å². The Morgan fingerprint density at radius 1 is 0.857 bits per heavy atom. The van der Waals surface area contributed by atoms with Crippen molar-refractivity contribution in [3.05, 3.63) is 70.8 Å². The van der Waals surface area contributed by atoms with E-state index < -0.39 is 0 Å². The van der Waals surface area contributed by atoms with E-state index in [4.69, 9.17) is 9.47 Å². The Bertz CT molecular complexity index is 842. The zero-order valence-corrected chi connectivity index (χ0v) is 16.9. The SMILES string of the molecule is COc1cccc(/C=C2\CN(C(C)C)C/C(=C\c3cccc(OC)c3)C2=O)c1. The number of ether oxygens (including phenoxy) is 2. The lowest BCUT2D eigenvalue weighted by Crippen LogP contribution is -2.41. The molecule has 1 saturated heterocycles. The minimum atomic E-state index is 0.0996. The van der Waals surface area contributed by atoms with Gasteiger partial charge in [0, 0.05) is 30.3 Å². The van der Waals surface area contributed by atoms with Gasteiger partial charge in [-0.2, -0.15) is 0 Å². The highest BCUT2D eigenvalue weighted by Crippen LogP contribution is 2.25. The highest BCUT2D eigenvalue weighted by molar-refractivity contribution is 6.14. The number of hydrogen-bond donors (Lipinski definition) is 0. The molecule has 1 aliphatic heterocycles. The van der Waals surface area contributed by atoms with Crippen LogP contribution >= 0.6 is 0 Å². The fourth-order valence-electron chi connectivity index (χ4n) is 3.30. The molecule has 0 saturated carbocycles. The number of hydrogen-bond acceptors (Lipinski definition) is 4. The highest BCUT2D eigenvalue weighted by atomic mass is 16.5. The van der Waals surface area contributed by atoms with Crippen LogP contribution in [0.5, 0.6) is 11.5 Å². The first-order valence-corrected chi connectivity index (χ1v) is 9.48. The van der Waals surface area contributed by atoms with Crippen molar-refractivity contribution < 1.29 is 14.3 Å². The Balaban J connectivity index is 1.97. The van der Waals surface area contributed by atoms with Crippen molar-refractivity contribution in [1.82, 2.24) is 4.90 Å². The fourth-order valence-corrected chi connectivity index (χ4v) is 3.30. The third kappa shape index (κ3) is 4.70. The summed E-state index contributed by atoms with van der Waals surface area (Å²) in [6, 6.07) is 15.9. The molecule has 4 nitrogen and oxygen atoms in total. The molecule has 2 aromatic rings. The van der Waals surface area contributed by atoms with Crippen molar-refractivity contribution in [2.24, 2.45) is 0 Å². The number of methoxy groups -OCH3 is 2. The monoisotopic (exact) mass is 377 g/mol. The van der Waals surface area contributed by atoms with Gasteiger partial charge in [-0.15, -0.1) is 0 Å². The summed E-state index contributed by atoms with van der Waals surface area (Å²) in [5, 5.41) is 0. The van der Waals surface area contributed by atoms with Crippen LogP contribution in [0, 0.1) is 0 Å². The summed E-state index contributed by atoms with van der Waals surface area (Å²) < 4.78 is 10.6. The van der Waals surface area contributed by atoms with Crippen LogP contribution in [-0.4, -0.2) is 44.0 Å². The van der Waals surface area contributed by atoms with E-state index in [1.807, 2.05) is 60.7 Å². The van der Waals surface area contributed by atoms with Gasteiger partial charge in [-0.25, -0.2) is 0 Å². The molecule has 0 amide bonds. The van der Waals surface area contributed by atoms with Crippen molar-refractivity contribution in [2.75, 3.05) is 27.3 Å². The molecule has 0 aromatic heterocycles. The van der Waals surface area contributed by atoms with Gasteiger partial charge in [-0.05, 0) is 61.4 Å². The Hall–Kier alpha value is -2.85. The van der Waals surface area contributed by atoms with Crippen LogP contribution < -0.4 is 9.47 Å². The number of nitrogens with zero attached hydrogens (tertiary/aromatic N) is 1. The zero-order chi connectivity index (χ0) is 20.1. The third-order valence-electron chi connectivity index (χ3n) is 4.93. The van der Waals surface area contributed by atoms with E-state index in [2.05, 4.69) is 18.7 Å². The molecule has 2 aromatic carbocycles. The lowest BCUT2D eigenvalue weighted by atomic mass is 9.93. The lowest BCUT2D eigenvalue weighted by molar-refractivity contribution is -0.113. The zero-order valence-electron chi connectivity index (χ0n) is 16.9. The highest BCUT2D eigenvalue weighted by Gasteiger charge is 2.27. The minimum Gasteiger partial charge on any atom is -0.497 e. The van der Waals surface area contributed by atoms with Gasteiger partial charge in [0.2, 0.25) is 0 Å². The number of rotatable bonds is 5. The Kier molecular flexibility index (Phi) is 6.32.